The van der Waals surface area contributed by atoms with E-state index in [2.05, 4.69) is 10.1 Å². The molecule has 3 heterocycles. The predicted molar refractivity (Wildman–Crippen MR) is 74.8 cm³/mol. The molecule has 1 unspecified atom stereocenters. The molecule has 3 rings (SSSR count). The summed E-state index contributed by atoms with van der Waals surface area (Å²) in [6.45, 7) is 3.55. The second-order valence-electron chi connectivity index (χ2n) is 5.20. The van der Waals surface area contributed by atoms with Crippen molar-refractivity contribution in [3.8, 4) is 0 Å². The first-order valence-corrected chi connectivity index (χ1v) is 6.83. The number of fused-ring (bicyclic) bond motifs is 1. The van der Waals surface area contributed by atoms with Crippen LogP contribution in [0.15, 0.2) is 17.3 Å². The third kappa shape index (κ3) is 2.54. The van der Waals surface area contributed by atoms with Gasteiger partial charge in [0.25, 0.3) is 5.56 Å². The fraction of sp³-hybridized carbons (Fsp3) is 0.538. The van der Waals surface area contributed by atoms with E-state index in [1.165, 1.54) is 21.8 Å². The zero-order valence-corrected chi connectivity index (χ0v) is 12.0. The minimum atomic E-state index is -0.247. The second-order valence-corrected chi connectivity index (χ2v) is 5.20. The first-order valence-electron chi connectivity index (χ1n) is 6.83. The third-order valence-corrected chi connectivity index (χ3v) is 3.62. The molecule has 2 aromatic rings. The van der Waals surface area contributed by atoms with Crippen molar-refractivity contribution in [3.63, 3.8) is 0 Å². The molecule has 1 atom stereocenters. The number of aryl methyl sites for hydroxylation is 1. The Morgan fingerprint density at radius 2 is 2.33 bits per heavy atom. The van der Waals surface area contributed by atoms with Gasteiger partial charge in [0.15, 0.2) is 5.65 Å². The lowest BCUT2D eigenvalue weighted by atomic mass is 10.3. The Bertz CT molecular complexity index is 735. The van der Waals surface area contributed by atoms with Crippen LogP contribution < -0.4 is 5.56 Å². The van der Waals surface area contributed by atoms with E-state index in [0.29, 0.717) is 30.7 Å². The fourth-order valence-corrected chi connectivity index (χ4v) is 2.47. The van der Waals surface area contributed by atoms with Crippen LogP contribution in [0.5, 0.6) is 0 Å². The molecule has 8 nitrogen and oxygen atoms in total. The lowest BCUT2D eigenvalue weighted by Crippen LogP contribution is -2.46. The number of nitrogens with zero attached hydrogens (tertiary/aromatic N) is 5. The molecule has 1 aliphatic rings. The minimum Gasteiger partial charge on any atom is -0.375 e. The average molecular weight is 291 g/mol. The largest absolute Gasteiger partial charge is 0.375 e. The zero-order chi connectivity index (χ0) is 15.0. The molecular weight excluding hydrogens is 274 g/mol. The Balaban J connectivity index is 1.83. The number of morpholine rings is 1. The normalized spacial score (nSPS) is 19.1. The highest BCUT2D eigenvalue weighted by Crippen LogP contribution is 2.06. The quantitative estimate of drug-likeness (QED) is 0.736. The maximum absolute atomic E-state index is 12.3. The summed E-state index contributed by atoms with van der Waals surface area (Å²) in [7, 11) is 1.72. The summed E-state index contributed by atoms with van der Waals surface area (Å²) in [4.78, 5) is 30.5. The van der Waals surface area contributed by atoms with E-state index in [-0.39, 0.29) is 24.1 Å². The Morgan fingerprint density at radius 1 is 1.52 bits per heavy atom. The van der Waals surface area contributed by atoms with Gasteiger partial charge in [0, 0.05) is 20.1 Å². The molecule has 0 spiro atoms. The molecule has 0 radical (unpaired) electrons. The highest BCUT2D eigenvalue weighted by molar-refractivity contribution is 5.77. The molecule has 0 N–H and O–H groups in total. The third-order valence-electron chi connectivity index (χ3n) is 3.62. The van der Waals surface area contributed by atoms with Crippen molar-refractivity contribution in [1.82, 2.24) is 24.2 Å². The number of aromatic nitrogens is 4. The number of hydrogen-bond acceptors (Lipinski definition) is 5. The van der Waals surface area contributed by atoms with Crippen molar-refractivity contribution in [2.75, 3.05) is 19.7 Å². The van der Waals surface area contributed by atoms with E-state index >= 15 is 0 Å². The number of amides is 1. The van der Waals surface area contributed by atoms with Gasteiger partial charge in [-0.1, -0.05) is 0 Å². The average Bonchev–Trinajstić information content (AvgIpc) is 2.84. The lowest BCUT2D eigenvalue weighted by Gasteiger charge is -2.31. The molecule has 8 heteroatoms. The van der Waals surface area contributed by atoms with E-state index in [9.17, 15) is 9.59 Å². The van der Waals surface area contributed by atoms with Gasteiger partial charge in [0.1, 0.15) is 18.3 Å². The maximum atomic E-state index is 12.3. The molecule has 1 fully saturated rings. The van der Waals surface area contributed by atoms with Crippen LogP contribution in [0.25, 0.3) is 11.0 Å². The molecule has 0 aliphatic carbocycles. The molecule has 0 aromatic carbocycles. The van der Waals surface area contributed by atoms with Gasteiger partial charge < -0.3 is 9.64 Å². The van der Waals surface area contributed by atoms with Crippen LogP contribution in [0, 0.1) is 0 Å². The van der Waals surface area contributed by atoms with Crippen molar-refractivity contribution in [3.05, 3.63) is 22.9 Å². The van der Waals surface area contributed by atoms with E-state index < -0.39 is 0 Å². The van der Waals surface area contributed by atoms with E-state index in [0.717, 1.165) is 0 Å². The highest BCUT2D eigenvalue weighted by atomic mass is 16.5. The molecule has 2 aromatic heterocycles. The van der Waals surface area contributed by atoms with Gasteiger partial charge in [-0.25, -0.2) is 4.98 Å². The van der Waals surface area contributed by atoms with Crippen molar-refractivity contribution in [2.24, 2.45) is 7.05 Å². The van der Waals surface area contributed by atoms with Gasteiger partial charge in [-0.15, -0.1) is 0 Å². The van der Waals surface area contributed by atoms with Crippen molar-refractivity contribution in [2.45, 2.75) is 19.6 Å². The fourth-order valence-electron chi connectivity index (χ4n) is 2.47. The Hall–Kier alpha value is -2.22. The van der Waals surface area contributed by atoms with Gasteiger partial charge in [0.05, 0.1) is 18.9 Å². The van der Waals surface area contributed by atoms with Gasteiger partial charge in [0.2, 0.25) is 5.91 Å². The van der Waals surface area contributed by atoms with Crippen LogP contribution in [0.1, 0.15) is 6.92 Å². The number of rotatable bonds is 2. The second kappa shape index (κ2) is 5.28. The van der Waals surface area contributed by atoms with Gasteiger partial charge in [-0.3, -0.25) is 18.8 Å². The number of ether oxygens (including phenoxy) is 1. The van der Waals surface area contributed by atoms with Crippen LogP contribution in [0.2, 0.25) is 0 Å². The molecule has 21 heavy (non-hydrogen) atoms. The summed E-state index contributed by atoms with van der Waals surface area (Å²) in [6.07, 6.45) is 2.90. The summed E-state index contributed by atoms with van der Waals surface area (Å²) in [5, 5.41) is 4.43. The Labute approximate surface area is 120 Å². The van der Waals surface area contributed by atoms with Gasteiger partial charge >= 0.3 is 0 Å². The number of hydrogen-bond donors (Lipinski definition) is 0. The lowest BCUT2D eigenvalue weighted by molar-refractivity contribution is -0.138. The molecule has 112 valence electrons. The van der Waals surface area contributed by atoms with Crippen LogP contribution >= 0.6 is 0 Å². The summed E-state index contributed by atoms with van der Waals surface area (Å²) < 4.78 is 8.27. The Morgan fingerprint density at radius 3 is 3.10 bits per heavy atom. The van der Waals surface area contributed by atoms with E-state index in [4.69, 9.17) is 4.74 Å². The first-order chi connectivity index (χ1) is 10.1. The maximum Gasteiger partial charge on any atom is 0.264 e. The van der Waals surface area contributed by atoms with Crippen molar-refractivity contribution in [1.29, 1.82) is 0 Å². The van der Waals surface area contributed by atoms with E-state index in [1.807, 2.05) is 6.92 Å². The molecule has 0 bridgehead atoms. The van der Waals surface area contributed by atoms with Crippen molar-refractivity contribution < 1.29 is 9.53 Å². The van der Waals surface area contributed by atoms with Crippen molar-refractivity contribution >= 4 is 16.9 Å². The van der Waals surface area contributed by atoms with Crippen LogP contribution in [0.3, 0.4) is 0 Å². The standard InChI is InChI=1S/C13H17N5O3/c1-9-6-17(3-4-21-9)11(19)7-18-8-14-12-10(13(18)20)5-15-16(12)2/h5,8-9H,3-4,6-7H2,1-2H3. The van der Waals surface area contributed by atoms with Crippen LogP contribution in [-0.2, 0) is 23.1 Å². The smallest absolute Gasteiger partial charge is 0.264 e. The highest BCUT2D eigenvalue weighted by Gasteiger charge is 2.22. The first kappa shape index (κ1) is 13.7. The molecule has 1 saturated heterocycles. The van der Waals surface area contributed by atoms with Crippen LogP contribution in [-0.4, -0.2) is 55.9 Å². The monoisotopic (exact) mass is 291 g/mol. The zero-order valence-electron chi connectivity index (χ0n) is 12.0. The molecule has 1 amide bonds. The minimum absolute atomic E-state index is 0.0105. The SMILES string of the molecule is CC1CN(C(=O)Cn2cnc3c(cnn3C)c2=O)CCO1. The molecule has 1 aliphatic heterocycles. The Kier molecular flexibility index (Phi) is 3.46. The molecular formula is C13H17N5O3. The molecule has 0 saturated carbocycles. The van der Waals surface area contributed by atoms with Crippen LogP contribution in [0.4, 0.5) is 0 Å². The van der Waals surface area contributed by atoms with Gasteiger partial charge in [-0.2, -0.15) is 5.10 Å². The summed E-state index contributed by atoms with van der Waals surface area (Å²) in [6, 6.07) is 0. The number of carbonyl (C=O) groups is 1. The van der Waals surface area contributed by atoms with E-state index in [1.54, 1.807) is 11.9 Å². The number of carbonyl (C=O) groups excluding carboxylic acids is 1. The predicted octanol–water partition coefficient (Wildman–Crippen LogP) is -0.623. The summed E-state index contributed by atoms with van der Waals surface area (Å²) in [5.74, 6) is -0.0997. The topological polar surface area (TPSA) is 82.3 Å². The summed E-state index contributed by atoms with van der Waals surface area (Å²) in [5.41, 5.74) is 0.270. The van der Waals surface area contributed by atoms with Gasteiger partial charge in [-0.05, 0) is 6.92 Å². The summed E-state index contributed by atoms with van der Waals surface area (Å²) >= 11 is 0.